The Kier molecular flexibility index (Phi) is 4.13. The van der Waals surface area contributed by atoms with Crippen LogP contribution in [0.4, 0.5) is 11.4 Å². The van der Waals surface area contributed by atoms with Crippen LogP contribution in [0, 0.1) is 0 Å². The van der Waals surface area contributed by atoms with Crippen LogP contribution in [0.25, 0.3) is 0 Å². The van der Waals surface area contributed by atoms with Crippen molar-refractivity contribution in [1.29, 1.82) is 0 Å². The van der Waals surface area contributed by atoms with Crippen LogP contribution < -0.4 is 10.6 Å². The van der Waals surface area contributed by atoms with Gasteiger partial charge in [-0.2, -0.15) is 11.8 Å². The van der Waals surface area contributed by atoms with E-state index in [0.717, 1.165) is 30.8 Å². The number of nitrogen functional groups attached to an aromatic ring is 1. The molecule has 4 heteroatoms. The summed E-state index contributed by atoms with van der Waals surface area (Å²) in [6.07, 6.45) is 4.64. The maximum atomic E-state index is 6.18. The number of ether oxygens (including phenoxy) is 1. The number of hydrogen-bond acceptors (Lipinski definition) is 4. The van der Waals surface area contributed by atoms with Crippen LogP contribution in [0.3, 0.4) is 0 Å². The van der Waals surface area contributed by atoms with Crippen LogP contribution in [0.5, 0.6) is 0 Å². The Balaban J connectivity index is 1.75. The van der Waals surface area contributed by atoms with E-state index >= 15 is 0 Å². The van der Waals surface area contributed by atoms with E-state index in [1.165, 1.54) is 24.3 Å². The molecule has 20 heavy (non-hydrogen) atoms. The second-order valence-electron chi connectivity index (χ2n) is 5.96. The highest BCUT2D eigenvalue weighted by Gasteiger charge is 2.40. The summed E-state index contributed by atoms with van der Waals surface area (Å²) in [4.78, 5) is 2.36. The smallest absolute Gasteiger partial charge is 0.0717 e. The monoisotopic (exact) mass is 292 g/mol. The van der Waals surface area contributed by atoms with Crippen LogP contribution in [0.15, 0.2) is 24.3 Å². The van der Waals surface area contributed by atoms with Crippen LogP contribution in [-0.4, -0.2) is 36.8 Å². The van der Waals surface area contributed by atoms with Gasteiger partial charge in [-0.05, 0) is 49.3 Å². The van der Waals surface area contributed by atoms with Crippen molar-refractivity contribution >= 4 is 23.1 Å². The molecule has 2 aliphatic heterocycles. The predicted octanol–water partition coefficient (Wildman–Crippen LogP) is 3.15. The van der Waals surface area contributed by atoms with E-state index in [1.807, 2.05) is 12.1 Å². The van der Waals surface area contributed by atoms with Gasteiger partial charge in [0.05, 0.1) is 17.0 Å². The molecular formula is C16H24N2OS. The van der Waals surface area contributed by atoms with E-state index in [0.29, 0.717) is 6.04 Å². The van der Waals surface area contributed by atoms with E-state index in [4.69, 9.17) is 10.5 Å². The molecule has 1 aromatic carbocycles. The average molecular weight is 292 g/mol. The third kappa shape index (κ3) is 2.77. The lowest BCUT2D eigenvalue weighted by atomic mass is 9.85. The SMILES string of the molecule is CN(c1ccccc1N)C1CCOC2(CCSCC2)C1. The molecule has 0 radical (unpaired) electrons. The summed E-state index contributed by atoms with van der Waals surface area (Å²) in [7, 11) is 2.17. The first-order chi connectivity index (χ1) is 9.70. The van der Waals surface area contributed by atoms with Crippen LogP contribution >= 0.6 is 11.8 Å². The van der Waals surface area contributed by atoms with E-state index in [1.54, 1.807) is 0 Å². The number of para-hydroxylation sites is 2. The molecule has 2 saturated heterocycles. The molecule has 1 atom stereocenters. The highest BCUT2D eigenvalue weighted by atomic mass is 32.2. The van der Waals surface area contributed by atoms with Gasteiger partial charge in [0.2, 0.25) is 0 Å². The van der Waals surface area contributed by atoms with Gasteiger partial charge in [0.1, 0.15) is 0 Å². The number of nitrogens with zero attached hydrogens (tertiary/aromatic N) is 1. The van der Waals surface area contributed by atoms with Crippen LogP contribution in [0.1, 0.15) is 25.7 Å². The standard InChI is InChI=1S/C16H24N2OS/c1-18(15-5-3-2-4-14(15)17)13-6-9-19-16(12-13)7-10-20-11-8-16/h2-5,13H,6-12,17H2,1H3. The summed E-state index contributed by atoms with van der Waals surface area (Å²) < 4.78 is 6.18. The molecule has 110 valence electrons. The normalized spacial score (nSPS) is 25.6. The summed E-state index contributed by atoms with van der Waals surface area (Å²) in [5.74, 6) is 2.48. The lowest BCUT2D eigenvalue weighted by Gasteiger charge is -2.46. The Morgan fingerprint density at radius 3 is 2.80 bits per heavy atom. The Hall–Kier alpha value is -0.870. The van der Waals surface area contributed by atoms with Crippen molar-refractivity contribution in [1.82, 2.24) is 0 Å². The molecule has 1 unspecified atom stereocenters. The Labute approximate surface area is 125 Å². The topological polar surface area (TPSA) is 38.5 Å². The van der Waals surface area contributed by atoms with Crippen molar-refractivity contribution in [3.63, 3.8) is 0 Å². The Morgan fingerprint density at radius 2 is 2.05 bits per heavy atom. The molecule has 3 rings (SSSR count). The molecular weight excluding hydrogens is 268 g/mol. The van der Waals surface area contributed by atoms with Gasteiger partial charge in [-0.1, -0.05) is 12.1 Å². The molecule has 0 aliphatic carbocycles. The minimum absolute atomic E-state index is 0.131. The number of hydrogen-bond donors (Lipinski definition) is 1. The molecule has 1 aromatic rings. The van der Waals surface area contributed by atoms with Gasteiger partial charge in [-0.15, -0.1) is 0 Å². The summed E-state index contributed by atoms with van der Waals surface area (Å²) in [5, 5.41) is 0. The van der Waals surface area contributed by atoms with Gasteiger partial charge in [-0.25, -0.2) is 0 Å². The zero-order valence-electron chi connectivity index (χ0n) is 12.2. The van der Waals surface area contributed by atoms with Crippen molar-refractivity contribution in [2.75, 3.05) is 35.8 Å². The van der Waals surface area contributed by atoms with E-state index in [9.17, 15) is 0 Å². The Morgan fingerprint density at radius 1 is 1.30 bits per heavy atom. The minimum Gasteiger partial charge on any atom is -0.397 e. The zero-order chi connectivity index (χ0) is 14.0. The fourth-order valence-electron chi connectivity index (χ4n) is 3.43. The van der Waals surface area contributed by atoms with Gasteiger partial charge in [-0.3, -0.25) is 0 Å². The largest absolute Gasteiger partial charge is 0.397 e. The number of benzene rings is 1. The number of anilines is 2. The first-order valence-corrected chi connectivity index (χ1v) is 8.65. The summed E-state index contributed by atoms with van der Waals surface area (Å²) >= 11 is 2.06. The van der Waals surface area contributed by atoms with E-state index < -0.39 is 0 Å². The highest BCUT2D eigenvalue weighted by molar-refractivity contribution is 7.99. The zero-order valence-corrected chi connectivity index (χ0v) is 13.0. The molecule has 0 bridgehead atoms. The molecule has 2 aliphatic rings. The van der Waals surface area contributed by atoms with Crippen molar-refractivity contribution in [2.24, 2.45) is 0 Å². The van der Waals surface area contributed by atoms with Crippen molar-refractivity contribution in [3.05, 3.63) is 24.3 Å². The molecule has 2 heterocycles. The first kappa shape index (κ1) is 14.1. The summed E-state index contributed by atoms with van der Waals surface area (Å²) in [6, 6.07) is 8.70. The minimum atomic E-state index is 0.131. The van der Waals surface area contributed by atoms with E-state index in [-0.39, 0.29) is 5.60 Å². The van der Waals surface area contributed by atoms with Crippen LogP contribution in [-0.2, 0) is 4.74 Å². The third-order valence-corrected chi connectivity index (χ3v) is 5.72. The molecule has 0 amide bonds. The maximum absolute atomic E-state index is 6.18. The number of nitrogens with two attached hydrogens (primary N) is 1. The summed E-state index contributed by atoms with van der Waals surface area (Å²) in [5.41, 5.74) is 8.28. The van der Waals surface area contributed by atoms with E-state index in [2.05, 4.69) is 35.8 Å². The number of thioether (sulfide) groups is 1. The fraction of sp³-hybridized carbons (Fsp3) is 0.625. The van der Waals surface area contributed by atoms with Gasteiger partial charge in [0.15, 0.2) is 0 Å². The van der Waals surface area contributed by atoms with Crippen molar-refractivity contribution in [2.45, 2.75) is 37.3 Å². The molecule has 2 fully saturated rings. The predicted molar refractivity (Wildman–Crippen MR) is 87.5 cm³/mol. The van der Waals surface area contributed by atoms with Gasteiger partial charge < -0.3 is 15.4 Å². The van der Waals surface area contributed by atoms with Gasteiger partial charge in [0.25, 0.3) is 0 Å². The second-order valence-corrected chi connectivity index (χ2v) is 7.18. The first-order valence-electron chi connectivity index (χ1n) is 7.49. The van der Waals surface area contributed by atoms with Crippen molar-refractivity contribution < 1.29 is 4.74 Å². The Bertz CT molecular complexity index is 454. The molecule has 2 N–H and O–H groups in total. The third-order valence-electron chi connectivity index (χ3n) is 4.74. The highest BCUT2D eigenvalue weighted by Crippen LogP contribution is 2.40. The quantitative estimate of drug-likeness (QED) is 0.850. The molecule has 1 spiro atoms. The van der Waals surface area contributed by atoms with Crippen molar-refractivity contribution in [3.8, 4) is 0 Å². The molecule has 0 aromatic heterocycles. The average Bonchev–Trinajstić information content (AvgIpc) is 2.48. The maximum Gasteiger partial charge on any atom is 0.0717 e. The van der Waals surface area contributed by atoms with Crippen LogP contribution in [0.2, 0.25) is 0 Å². The van der Waals surface area contributed by atoms with Gasteiger partial charge >= 0.3 is 0 Å². The molecule has 0 saturated carbocycles. The lowest BCUT2D eigenvalue weighted by Crippen LogP contribution is -2.49. The molecule has 3 nitrogen and oxygen atoms in total. The fourth-order valence-corrected chi connectivity index (χ4v) is 4.67. The lowest BCUT2D eigenvalue weighted by molar-refractivity contribution is -0.0892. The number of rotatable bonds is 2. The second kappa shape index (κ2) is 5.86. The summed E-state index contributed by atoms with van der Waals surface area (Å²) in [6.45, 7) is 0.881. The van der Waals surface area contributed by atoms with Gasteiger partial charge in [0, 0.05) is 19.7 Å².